The number of ether oxygens (including phenoxy) is 1. The van der Waals surface area contributed by atoms with Gasteiger partial charge in [-0.1, -0.05) is 39.0 Å². The molecule has 0 saturated carbocycles. The molecule has 0 bridgehead atoms. The van der Waals surface area contributed by atoms with E-state index in [1.807, 2.05) is 24.3 Å². The summed E-state index contributed by atoms with van der Waals surface area (Å²) in [5.74, 6) is 0. The van der Waals surface area contributed by atoms with Gasteiger partial charge >= 0.3 is 6.09 Å². The van der Waals surface area contributed by atoms with Crippen LogP contribution in [0.4, 0.5) is 10.5 Å². The summed E-state index contributed by atoms with van der Waals surface area (Å²) in [7, 11) is 0. The Hall–Kier alpha value is -1.51. The van der Waals surface area contributed by atoms with Gasteiger partial charge in [-0.05, 0) is 6.07 Å². The normalized spacial score (nSPS) is 20.2. The van der Waals surface area contributed by atoms with Gasteiger partial charge in [-0.2, -0.15) is 0 Å². The maximum absolute atomic E-state index is 11.3. The zero-order valence-corrected chi connectivity index (χ0v) is 9.20. The van der Waals surface area contributed by atoms with Crippen molar-refractivity contribution >= 4 is 11.8 Å². The van der Waals surface area contributed by atoms with Gasteiger partial charge < -0.3 is 4.74 Å². The van der Waals surface area contributed by atoms with Gasteiger partial charge in [0.05, 0.1) is 5.69 Å². The highest BCUT2D eigenvalue weighted by Crippen LogP contribution is 2.41. The van der Waals surface area contributed by atoms with Crippen LogP contribution >= 0.6 is 0 Å². The maximum Gasteiger partial charge on any atom is 0.412 e. The van der Waals surface area contributed by atoms with Crippen molar-refractivity contribution in [3.8, 4) is 0 Å². The highest BCUT2D eigenvalue weighted by Gasteiger charge is 2.34. The lowest BCUT2D eigenvalue weighted by molar-refractivity contribution is 0.0349. The average Bonchev–Trinajstić information content (AvgIpc) is 2.15. The summed E-state index contributed by atoms with van der Waals surface area (Å²) >= 11 is 0. The first-order chi connectivity index (χ1) is 6.98. The Bertz CT molecular complexity index is 393. The predicted octanol–water partition coefficient (Wildman–Crippen LogP) is 3.34. The van der Waals surface area contributed by atoms with Gasteiger partial charge in [0.25, 0.3) is 0 Å². The second-order valence-electron chi connectivity index (χ2n) is 4.86. The van der Waals surface area contributed by atoms with E-state index in [-0.39, 0.29) is 17.6 Å². The second kappa shape index (κ2) is 3.26. The van der Waals surface area contributed by atoms with Gasteiger partial charge in [-0.25, -0.2) is 4.79 Å². The Morgan fingerprint density at radius 2 is 1.93 bits per heavy atom. The third kappa shape index (κ3) is 1.82. The van der Waals surface area contributed by atoms with Crippen molar-refractivity contribution in [2.75, 3.05) is 5.32 Å². The molecule has 2 rings (SSSR count). The van der Waals surface area contributed by atoms with Gasteiger partial charge in [-0.15, -0.1) is 0 Å². The van der Waals surface area contributed by atoms with Crippen LogP contribution in [0.2, 0.25) is 0 Å². The van der Waals surface area contributed by atoms with E-state index in [9.17, 15) is 4.79 Å². The summed E-state index contributed by atoms with van der Waals surface area (Å²) in [4.78, 5) is 11.3. The van der Waals surface area contributed by atoms with E-state index in [0.29, 0.717) is 0 Å². The number of para-hydroxylation sites is 1. The molecule has 1 atom stereocenters. The molecular formula is C12H15NO2. The zero-order chi connectivity index (χ0) is 11.1. The highest BCUT2D eigenvalue weighted by molar-refractivity contribution is 5.88. The van der Waals surface area contributed by atoms with E-state index in [2.05, 4.69) is 26.1 Å². The third-order valence-corrected chi connectivity index (χ3v) is 2.49. The Kier molecular flexibility index (Phi) is 2.18. The predicted molar refractivity (Wildman–Crippen MR) is 58.7 cm³/mol. The second-order valence-corrected chi connectivity index (χ2v) is 4.86. The molecule has 0 fully saturated rings. The van der Waals surface area contributed by atoms with Crippen LogP contribution < -0.4 is 5.32 Å². The van der Waals surface area contributed by atoms with Crippen LogP contribution in [0.25, 0.3) is 0 Å². The number of fused-ring (bicyclic) bond motifs is 1. The van der Waals surface area contributed by atoms with E-state index in [0.717, 1.165) is 11.3 Å². The minimum atomic E-state index is -0.367. The van der Waals surface area contributed by atoms with Crippen molar-refractivity contribution in [1.82, 2.24) is 0 Å². The molecule has 1 unspecified atom stereocenters. The number of hydrogen-bond donors (Lipinski definition) is 1. The number of carbonyl (C=O) groups is 1. The Morgan fingerprint density at radius 1 is 1.27 bits per heavy atom. The van der Waals surface area contributed by atoms with E-state index >= 15 is 0 Å². The molecule has 1 aliphatic heterocycles. The molecule has 1 heterocycles. The first kappa shape index (κ1) is 10.0. The van der Waals surface area contributed by atoms with Crippen molar-refractivity contribution in [1.29, 1.82) is 0 Å². The quantitative estimate of drug-likeness (QED) is 0.705. The molecule has 1 aromatic carbocycles. The van der Waals surface area contributed by atoms with Gasteiger partial charge in [-0.3, -0.25) is 5.32 Å². The van der Waals surface area contributed by atoms with Crippen LogP contribution in [-0.2, 0) is 4.74 Å². The lowest BCUT2D eigenvalue weighted by atomic mass is 9.83. The van der Waals surface area contributed by atoms with E-state index in [1.165, 1.54) is 0 Å². The molecule has 80 valence electrons. The molecule has 0 spiro atoms. The fraction of sp³-hybridized carbons (Fsp3) is 0.417. The van der Waals surface area contributed by atoms with Crippen LogP contribution in [0.1, 0.15) is 32.4 Å². The summed E-state index contributed by atoms with van der Waals surface area (Å²) in [5.41, 5.74) is 1.81. The topological polar surface area (TPSA) is 38.3 Å². The number of nitrogens with one attached hydrogen (secondary N) is 1. The van der Waals surface area contributed by atoms with Gasteiger partial charge in [0.2, 0.25) is 0 Å². The highest BCUT2D eigenvalue weighted by atomic mass is 16.6. The SMILES string of the molecule is CC(C)(C)C1OC(=O)Nc2ccccc21. The van der Waals surface area contributed by atoms with Crippen molar-refractivity contribution in [3.63, 3.8) is 0 Å². The maximum atomic E-state index is 11.3. The van der Waals surface area contributed by atoms with Crippen LogP contribution in [0, 0.1) is 5.41 Å². The van der Waals surface area contributed by atoms with Crippen molar-refractivity contribution in [2.45, 2.75) is 26.9 Å². The Morgan fingerprint density at radius 3 is 2.60 bits per heavy atom. The first-order valence-electron chi connectivity index (χ1n) is 5.05. The standard InChI is InChI=1S/C12H15NO2/c1-12(2,3)10-8-6-4-5-7-9(8)13-11(14)15-10/h4-7,10H,1-3H3,(H,13,14). The number of amides is 1. The first-order valence-corrected chi connectivity index (χ1v) is 5.05. The number of cyclic esters (lactones) is 1. The number of anilines is 1. The summed E-state index contributed by atoms with van der Waals surface area (Å²) in [6.45, 7) is 6.19. The van der Waals surface area contributed by atoms with Crippen molar-refractivity contribution in [3.05, 3.63) is 29.8 Å². The molecule has 0 saturated heterocycles. The molecule has 1 aliphatic rings. The van der Waals surface area contributed by atoms with Crippen LogP contribution in [0.5, 0.6) is 0 Å². The Labute approximate surface area is 89.4 Å². The molecule has 3 nitrogen and oxygen atoms in total. The fourth-order valence-electron chi connectivity index (χ4n) is 1.79. The summed E-state index contributed by atoms with van der Waals surface area (Å²) in [6, 6.07) is 7.75. The monoisotopic (exact) mass is 205 g/mol. The summed E-state index contributed by atoms with van der Waals surface area (Å²) in [5, 5.41) is 2.70. The molecule has 0 radical (unpaired) electrons. The largest absolute Gasteiger partial charge is 0.440 e. The van der Waals surface area contributed by atoms with E-state index < -0.39 is 0 Å². The number of benzene rings is 1. The molecule has 1 N–H and O–H groups in total. The van der Waals surface area contributed by atoms with Crippen molar-refractivity contribution < 1.29 is 9.53 Å². The summed E-state index contributed by atoms with van der Waals surface area (Å²) < 4.78 is 5.33. The molecule has 0 aliphatic carbocycles. The minimum Gasteiger partial charge on any atom is -0.440 e. The molecular weight excluding hydrogens is 190 g/mol. The molecule has 1 aromatic rings. The van der Waals surface area contributed by atoms with Crippen molar-refractivity contribution in [2.24, 2.45) is 5.41 Å². The van der Waals surface area contributed by atoms with Gasteiger partial charge in [0.1, 0.15) is 6.10 Å². The number of rotatable bonds is 0. The number of hydrogen-bond acceptors (Lipinski definition) is 2. The molecule has 15 heavy (non-hydrogen) atoms. The van der Waals surface area contributed by atoms with Crippen LogP contribution in [0.15, 0.2) is 24.3 Å². The lowest BCUT2D eigenvalue weighted by Gasteiger charge is -2.34. The van der Waals surface area contributed by atoms with Gasteiger partial charge in [0, 0.05) is 11.0 Å². The third-order valence-electron chi connectivity index (χ3n) is 2.49. The zero-order valence-electron chi connectivity index (χ0n) is 9.20. The molecule has 0 aromatic heterocycles. The average molecular weight is 205 g/mol. The minimum absolute atomic E-state index is 0.0894. The molecule has 3 heteroatoms. The lowest BCUT2D eigenvalue weighted by Crippen LogP contribution is -2.31. The van der Waals surface area contributed by atoms with E-state index in [1.54, 1.807) is 0 Å². The summed E-state index contributed by atoms with van der Waals surface area (Å²) in [6.07, 6.45) is -0.545. The Balaban J connectivity index is 2.47. The van der Waals surface area contributed by atoms with Crippen LogP contribution in [0.3, 0.4) is 0 Å². The number of carbonyl (C=O) groups excluding carboxylic acids is 1. The van der Waals surface area contributed by atoms with Crippen LogP contribution in [-0.4, -0.2) is 6.09 Å². The van der Waals surface area contributed by atoms with Gasteiger partial charge in [0.15, 0.2) is 0 Å². The van der Waals surface area contributed by atoms with E-state index in [4.69, 9.17) is 4.74 Å². The smallest absolute Gasteiger partial charge is 0.412 e. The molecule has 1 amide bonds. The fourth-order valence-corrected chi connectivity index (χ4v) is 1.79.